The van der Waals surface area contributed by atoms with Gasteiger partial charge in [-0.15, -0.1) is 5.10 Å². The Morgan fingerprint density at radius 1 is 1.19 bits per heavy atom. The van der Waals surface area contributed by atoms with Crippen LogP contribution in [-0.4, -0.2) is 43.5 Å². The number of benzene rings is 1. The molecule has 2 aliphatic carbocycles. The number of hydrogen-bond donors (Lipinski definition) is 3. The molecule has 0 radical (unpaired) electrons. The van der Waals surface area contributed by atoms with Crippen LogP contribution in [0.5, 0.6) is 0 Å². The van der Waals surface area contributed by atoms with Gasteiger partial charge in [0.25, 0.3) is 23.5 Å². The van der Waals surface area contributed by atoms with Crippen molar-refractivity contribution in [3.05, 3.63) is 64.0 Å². The second-order valence-electron chi connectivity index (χ2n) is 10.3. The van der Waals surface area contributed by atoms with E-state index in [9.17, 15) is 27.6 Å². The van der Waals surface area contributed by atoms with Crippen LogP contribution >= 0.6 is 0 Å². The molecule has 2 aromatic heterocycles. The van der Waals surface area contributed by atoms with Crippen LogP contribution in [0.4, 0.5) is 18.9 Å². The Morgan fingerprint density at radius 2 is 1.95 bits per heavy atom. The van der Waals surface area contributed by atoms with E-state index in [1.807, 2.05) is 0 Å². The summed E-state index contributed by atoms with van der Waals surface area (Å²) in [5.74, 6) is -5.59. The lowest BCUT2D eigenvalue weighted by molar-refractivity contribution is -0.148. The molecule has 3 aliphatic rings. The number of nitrogens with one attached hydrogen (secondary N) is 3. The van der Waals surface area contributed by atoms with Crippen LogP contribution in [-0.2, 0) is 16.9 Å². The maximum absolute atomic E-state index is 14.0. The molecule has 2 amide bonds. The number of carbonyl (C=O) groups is 3. The number of alkyl halides is 2. The summed E-state index contributed by atoms with van der Waals surface area (Å²) in [5.41, 5.74) is 0.729. The molecule has 37 heavy (non-hydrogen) atoms. The van der Waals surface area contributed by atoms with Crippen molar-refractivity contribution >= 4 is 23.3 Å². The van der Waals surface area contributed by atoms with Gasteiger partial charge >= 0.3 is 0 Å². The third-order valence-electron chi connectivity index (χ3n) is 7.72. The van der Waals surface area contributed by atoms with Gasteiger partial charge in [0.1, 0.15) is 5.82 Å². The summed E-state index contributed by atoms with van der Waals surface area (Å²) < 4.78 is 43.4. The van der Waals surface area contributed by atoms with Gasteiger partial charge in [-0.1, -0.05) is 11.3 Å². The summed E-state index contributed by atoms with van der Waals surface area (Å²) in [5, 5.41) is 14.8. The van der Waals surface area contributed by atoms with Gasteiger partial charge in [-0.3, -0.25) is 19.5 Å². The minimum absolute atomic E-state index is 0.0592. The SMILES string of the molecule is Cc1ccc(NC(=O)c2c(C)c(C(=O)C(=O)NC3(c4cnn[nH]4)CC(F)(F)C3)n3c2[C@@H]2C[C@@H]2C3)cc1F. The summed E-state index contributed by atoms with van der Waals surface area (Å²) in [6.07, 6.45) is 0.718. The van der Waals surface area contributed by atoms with E-state index in [1.54, 1.807) is 30.5 Å². The van der Waals surface area contributed by atoms with Crippen LogP contribution in [0.15, 0.2) is 24.4 Å². The number of H-pyrrole nitrogens is 1. The number of hydrogen-bond acceptors (Lipinski definition) is 5. The summed E-state index contributed by atoms with van der Waals surface area (Å²) in [6, 6.07) is 4.35. The highest BCUT2D eigenvalue weighted by molar-refractivity contribution is 6.43. The van der Waals surface area contributed by atoms with Crippen molar-refractivity contribution in [1.29, 1.82) is 0 Å². The number of carbonyl (C=O) groups excluding carboxylic acids is 3. The maximum Gasteiger partial charge on any atom is 0.294 e. The van der Waals surface area contributed by atoms with Crippen molar-refractivity contribution in [2.24, 2.45) is 5.92 Å². The summed E-state index contributed by atoms with van der Waals surface area (Å²) in [4.78, 5) is 39.9. The van der Waals surface area contributed by atoms with E-state index < -0.39 is 47.7 Å². The minimum atomic E-state index is -3.00. The van der Waals surface area contributed by atoms with E-state index >= 15 is 0 Å². The predicted octanol–water partition coefficient (Wildman–Crippen LogP) is 3.36. The Balaban J connectivity index is 1.31. The first-order valence-electron chi connectivity index (χ1n) is 11.9. The number of amides is 2. The van der Waals surface area contributed by atoms with Crippen LogP contribution in [0.25, 0.3) is 0 Å². The lowest BCUT2D eigenvalue weighted by Gasteiger charge is -2.46. The third-order valence-corrected chi connectivity index (χ3v) is 7.72. The second kappa shape index (κ2) is 7.77. The first kappa shape index (κ1) is 23.4. The molecule has 3 heterocycles. The van der Waals surface area contributed by atoms with Crippen molar-refractivity contribution in [2.45, 2.75) is 57.0 Å². The highest BCUT2D eigenvalue weighted by Gasteiger charge is 2.60. The summed E-state index contributed by atoms with van der Waals surface area (Å²) in [6.45, 7) is 3.68. The number of nitrogens with zero attached hydrogens (tertiary/aromatic N) is 3. The summed E-state index contributed by atoms with van der Waals surface area (Å²) >= 11 is 0. The zero-order valence-corrected chi connectivity index (χ0v) is 20.0. The van der Waals surface area contributed by atoms with Crippen molar-refractivity contribution in [1.82, 2.24) is 25.3 Å². The van der Waals surface area contributed by atoms with E-state index in [-0.39, 0.29) is 34.5 Å². The molecule has 6 rings (SSSR count). The van der Waals surface area contributed by atoms with E-state index in [1.165, 1.54) is 12.3 Å². The molecule has 2 fully saturated rings. The van der Waals surface area contributed by atoms with Gasteiger partial charge in [0.05, 0.1) is 28.7 Å². The Bertz CT molecular complexity index is 1470. The Kier molecular flexibility index (Phi) is 4.92. The number of Topliss-reactive ketones (excluding diaryl/α,β-unsaturated/α-hetero) is 1. The molecule has 0 unspecified atom stereocenters. The zero-order valence-electron chi connectivity index (χ0n) is 20.0. The molecular formula is C25H23F3N6O3. The highest BCUT2D eigenvalue weighted by atomic mass is 19.3. The molecule has 1 aliphatic heterocycles. The van der Waals surface area contributed by atoms with Crippen molar-refractivity contribution in [3.63, 3.8) is 0 Å². The normalized spacial score (nSPS) is 22.0. The van der Waals surface area contributed by atoms with Gasteiger partial charge in [-0.2, -0.15) is 0 Å². The highest BCUT2D eigenvalue weighted by Crippen LogP contribution is 2.56. The van der Waals surface area contributed by atoms with Gasteiger partial charge in [0, 0.05) is 36.7 Å². The smallest absolute Gasteiger partial charge is 0.294 e. The molecule has 0 saturated heterocycles. The largest absolute Gasteiger partial charge is 0.340 e. The topological polar surface area (TPSA) is 122 Å². The monoisotopic (exact) mass is 512 g/mol. The molecule has 3 N–H and O–H groups in total. The molecule has 9 nitrogen and oxygen atoms in total. The molecular weight excluding hydrogens is 489 g/mol. The van der Waals surface area contributed by atoms with Gasteiger partial charge < -0.3 is 15.2 Å². The number of ketones is 1. The Morgan fingerprint density at radius 3 is 2.59 bits per heavy atom. The number of rotatable bonds is 6. The molecule has 0 bridgehead atoms. The fraction of sp³-hybridized carbons (Fsp3) is 0.400. The van der Waals surface area contributed by atoms with Crippen LogP contribution in [0, 0.1) is 25.6 Å². The van der Waals surface area contributed by atoms with Gasteiger partial charge in [-0.25, -0.2) is 13.2 Å². The average molecular weight is 512 g/mol. The van der Waals surface area contributed by atoms with E-state index in [4.69, 9.17) is 0 Å². The average Bonchev–Trinajstić information content (AvgIpc) is 3.13. The molecule has 1 aromatic carbocycles. The zero-order chi connectivity index (χ0) is 26.3. The molecule has 2 atom stereocenters. The maximum atomic E-state index is 14.0. The van der Waals surface area contributed by atoms with E-state index in [2.05, 4.69) is 26.0 Å². The van der Waals surface area contributed by atoms with Crippen molar-refractivity contribution in [3.8, 4) is 0 Å². The van der Waals surface area contributed by atoms with E-state index in [0.29, 0.717) is 23.4 Å². The quantitative estimate of drug-likeness (QED) is 0.346. The minimum Gasteiger partial charge on any atom is -0.340 e. The molecule has 3 aromatic rings. The molecule has 0 spiro atoms. The fourth-order valence-corrected chi connectivity index (χ4v) is 5.79. The lowest BCUT2D eigenvalue weighted by atomic mass is 9.71. The predicted molar refractivity (Wildman–Crippen MR) is 124 cm³/mol. The van der Waals surface area contributed by atoms with Gasteiger partial charge in [0.15, 0.2) is 0 Å². The molecule has 12 heteroatoms. The summed E-state index contributed by atoms with van der Waals surface area (Å²) in [7, 11) is 0. The Labute approximate surface area is 208 Å². The third kappa shape index (κ3) is 3.65. The lowest BCUT2D eigenvalue weighted by Crippen LogP contribution is -2.61. The van der Waals surface area contributed by atoms with Crippen LogP contribution in [0.1, 0.15) is 68.5 Å². The molecule has 2 saturated carbocycles. The van der Waals surface area contributed by atoms with E-state index in [0.717, 1.165) is 6.42 Å². The fourth-order valence-electron chi connectivity index (χ4n) is 5.79. The first-order valence-corrected chi connectivity index (χ1v) is 11.9. The van der Waals surface area contributed by atoms with Crippen LogP contribution in [0.2, 0.25) is 0 Å². The standard InChI is InChI=1S/C25H23F3N6O3/c1-11-3-4-14(6-16(11)26)30-22(36)18-12(2)19(34-8-13-5-15(13)20(18)34)21(35)23(37)31-24(9-25(27,28)10-24)17-7-29-33-32-17/h3-4,6-7,13,15H,5,8-10H2,1-2H3,(H,30,36)(H,31,37)(H,29,32,33)/t13-,15-/m1/s1. The first-order chi connectivity index (χ1) is 17.5. The number of aryl methyl sites for hydroxylation is 1. The molecule has 192 valence electrons. The van der Waals surface area contributed by atoms with Gasteiger partial charge in [-0.05, 0) is 49.4 Å². The number of anilines is 1. The van der Waals surface area contributed by atoms with Crippen LogP contribution < -0.4 is 10.6 Å². The number of fused-ring (bicyclic) bond motifs is 3. The van der Waals surface area contributed by atoms with Crippen molar-refractivity contribution in [2.75, 3.05) is 5.32 Å². The number of halogens is 3. The second-order valence-corrected chi connectivity index (χ2v) is 10.3. The van der Waals surface area contributed by atoms with Crippen LogP contribution in [0.3, 0.4) is 0 Å². The van der Waals surface area contributed by atoms with Gasteiger partial charge in [0.2, 0.25) is 0 Å². The number of aromatic nitrogens is 4. The number of aromatic amines is 1. The Hall–Kier alpha value is -3.96. The van der Waals surface area contributed by atoms with Crippen molar-refractivity contribution < 1.29 is 27.6 Å².